The number of hydrogen-bond acceptors (Lipinski definition) is 6. The molecule has 0 fully saturated rings. The minimum Gasteiger partial charge on any atom is -0.313 e. The number of anilines is 1. The molecule has 2 aliphatic rings. The Morgan fingerprint density at radius 3 is 1.67 bits per heavy atom. The molecule has 9 nitrogen and oxygen atoms in total. The van der Waals surface area contributed by atoms with Gasteiger partial charge in [0.05, 0.1) is 0 Å². The van der Waals surface area contributed by atoms with Gasteiger partial charge in [-0.1, -0.05) is 47.6 Å². The third-order valence-electron chi connectivity index (χ3n) is 6.93. The van der Waals surface area contributed by atoms with Crippen LogP contribution < -0.4 is 26.0 Å². The van der Waals surface area contributed by atoms with Gasteiger partial charge in [-0.15, -0.1) is 0 Å². The molecule has 0 heterocycles. The maximum Gasteiger partial charge on any atom is 0.333 e. The van der Waals surface area contributed by atoms with E-state index < -0.39 is 16.2 Å². The van der Waals surface area contributed by atoms with Gasteiger partial charge in [0.15, 0.2) is 0 Å². The topological polar surface area (TPSA) is 115 Å². The first-order valence-electron chi connectivity index (χ1n) is 14.8. The lowest BCUT2D eigenvalue weighted by molar-refractivity contribution is 0.255. The maximum atomic E-state index is 12.8. The van der Waals surface area contributed by atoms with E-state index in [0.717, 1.165) is 57.3 Å². The standard InChI is InChI=1S/C21H34N4O3S.C8H20N2/c1-14(2)22-11-12-25(15(3)4)29(27,28)24-21(26)23-20-18-9-5-7-16(18)13-17-8-6-10-19(17)20;1-7(2)9-5-6-10-8(3)4/h13-15,22H,5-12H2,1-4H3,(H2,23,24,26);7-10H,5-6H2,1-4H3. The summed E-state index contributed by atoms with van der Waals surface area (Å²) in [5.74, 6) is 0. The van der Waals surface area contributed by atoms with E-state index in [9.17, 15) is 13.2 Å². The summed E-state index contributed by atoms with van der Waals surface area (Å²) in [4.78, 5) is 12.7. The van der Waals surface area contributed by atoms with Gasteiger partial charge in [0, 0.05) is 56.0 Å². The highest BCUT2D eigenvalue weighted by molar-refractivity contribution is 7.87. The van der Waals surface area contributed by atoms with E-state index in [1.54, 1.807) is 0 Å². The monoisotopic (exact) mass is 566 g/mol. The van der Waals surface area contributed by atoms with Gasteiger partial charge in [-0.3, -0.25) is 0 Å². The van der Waals surface area contributed by atoms with Gasteiger partial charge in [0.1, 0.15) is 0 Å². The lowest BCUT2D eigenvalue weighted by Gasteiger charge is -2.26. The fourth-order valence-corrected chi connectivity index (χ4v) is 6.41. The molecule has 0 radical (unpaired) electrons. The number of benzene rings is 1. The molecule has 1 aromatic rings. The van der Waals surface area contributed by atoms with Crippen LogP contribution in [0.25, 0.3) is 0 Å². The van der Waals surface area contributed by atoms with E-state index in [-0.39, 0.29) is 12.1 Å². The third kappa shape index (κ3) is 11.0. The van der Waals surface area contributed by atoms with E-state index in [2.05, 4.69) is 59.8 Å². The zero-order valence-electron chi connectivity index (χ0n) is 25.5. The van der Waals surface area contributed by atoms with Gasteiger partial charge in [0.2, 0.25) is 0 Å². The Morgan fingerprint density at radius 2 is 1.23 bits per heavy atom. The average Bonchev–Trinajstić information content (AvgIpc) is 3.48. The molecule has 3 rings (SSSR count). The number of amides is 2. The van der Waals surface area contributed by atoms with Gasteiger partial charge < -0.3 is 21.3 Å². The molecule has 0 bridgehead atoms. The van der Waals surface area contributed by atoms with Gasteiger partial charge >= 0.3 is 16.2 Å². The maximum absolute atomic E-state index is 12.8. The first-order chi connectivity index (χ1) is 18.3. The van der Waals surface area contributed by atoms with E-state index >= 15 is 0 Å². The van der Waals surface area contributed by atoms with Crippen LogP contribution in [0.2, 0.25) is 0 Å². The second-order valence-electron chi connectivity index (χ2n) is 11.8. The summed E-state index contributed by atoms with van der Waals surface area (Å²) < 4.78 is 29.2. The number of carbonyl (C=O) groups excluding carboxylic acids is 1. The van der Waals surface area contributed by atoms with Crippen molar-refractivity contribution in [3.05, 3.63) is 28.3 Å². The Labute approximate surface area is 237 Å². The fourth-order valence-electron chi connectivity index (χ4n) is 5.12. The highest BCUT2D eigenvalue weighted by atomic mass is 32.2. The largest absolute Gasteiger partial charge is 0.333 e. The van der Waals surface area contributed by atoms with Crippen molar-refractivity contribution in [1.82, 2.24) is 25.0 Å². The molecule has 0 saturated heterocycles. The number of rotatable bonds is 13. The summed E-state index contributed by atoms with van der Waals surface area (Å²) in [5.41, 5.74) is 5.80. The van der Waals surface area contributed by atoms with E-state index in [4.69, 9.17) is 0 Å². The SMILES string of the molecule is CC(C)NCCN(C(C)C)S(=O)(=O)NC(=O)Nc1c2c(cc3c1CCC3)CCC2.CC(C)NCCNC(C)C. The second kappa shape index (κ2) is 15.9. The summed E-state index contributed by atoms with van der Waals surface area (Å²) in [6, 6.07) is 2.83. The molecule has 224 valence electrons. The van der Waals surface area contributed by atoms with E-state index in [1.165, 1.54) is 26.6 Å². The summed E-state index contributed by atoms with van der Waals surface area (Å²) >= 11 is 0. The minimum atomic E-state index is -3.94. The molecule has 1 aromatic carbocycles. The molecule has 39 heavy (non-hydrogen) atoms. The number of nitrogens with zero attached hydrogens (tertiary/aromatic N) is 1. The van der Waals surface area contributed by atoms with Gasteiger partial charge in [-0.05, 0) is 74.6 Å². The predicted molar refractivity (Wildman–Crippen MR) is 163 cm³/mol. The fraction of sp³-hybridized carbons (Fsp3) is 0.759. The van der Waals surface area contributed by atoms with Crippen LogP contribution in [0, 0.1) is 0 Å². The Hall–Kier alpha value is -1.72. The van der Waals surface area contributed by atoms with Crippen molar-refractivity contribution in [2.75, 3.05) is 31.5 Å². The molecule has 2 aliphatic carbocycles. The van der Waals surface area contributed by atoms with Crippen LogP contribution in [0.5, 0.6) is 0 Å². The van der Waals surface area contributed by atoms with Crippen molar-refractivity contribution < 1.29 is 13.2 Å². The lowest BCUT2D eigenvalue weighted by Crippen LogP contribution is -2.50. The van der Waals surface area contributed by atoms with Crippen LogP contribution in [0.1, 0.15) is 90.5 Å². The molecule has 0 saturated carbocycles. The van der Waals surface area contributed by atoms with Crippen molar-refractivity contribution in [2.45, 2.75) is 118 Å². The second-order valence-corrected chi connectivity index (χ2v) is 13.4. The Morgan fingerprint density at radius 1 is 0.769 bits per heavy atom. The third-order valence-corrected chi connectivity index (χ3v) is 8.60. The van der Waals surface area contributed by atoms with Crippen LogP contribution >= 0.6 is 0 Å². The van der Waals surface area contributed by atoms with Gasteiger partial charge in [-0.25, -0.2) is 9.52 Å². The molecular formula is C29H54N6O3S. The van der Waals surface area contributed by atoms with Crippen molar-refractivity contribution >= 4 is 21.9 Å². The van der Waals surface area contributed by atoms with Gasteiger partial charge in [-0.2, -0.15) is 12.7 Å². The molecule has 0 atom stereocenters. The molecule has 2 amide bonds. The van der Waals surface area contributed by atoms with Crippen molar-refractivity contribution in [2.24, 2.45) is 0 Å². The summed E-state index contributed by atoms with van der Waals surface area (Å²) in [7, 11) is -3.94. The smallest absolute Gasteiger partial charge is 0.313 e. The first kappa shape index (κ1) is 33.5. The quantitative estimate of drug-likeness (QED) is 0.233. The van der Waals surface area contributed by atoms with E-state index in [0.29, 0.717) is 25.2 Å². The minimum absolute atomic E-state index is 0.250. The van der Waals surface area contributed by atoms with Crippen molar-refractivity contribution in [1.29, 1.82) is 0 Å². The summed E-state index contributed by atoms with van der Waals surface area (Å²) in [5, 5.41) is 12.8. The summed E-state index contributed by atoms with van der Waals surface area (Å²) in [6.07, 6.45) is 6.09. The zero-order valence-corrected chi connectivity index (χ0v) is 26.4. The number of carbonyl (C=O) groups is 1. The van der Waals surface area contributed by atoms with E-state index in [1.807, 2.05) is 27.7 Å². The highest BCUT2D eigenvalue weighted by Crippen LogP contribution is 2.38. The first-order valence-corrected chi connectivity index (χ1v) is 16.2. The molecule has 5 N–H and O–H groups in total. The Bertz CT molecular complexity index is 982. The summed E-state index contributed by atoms with van der Waals surface area (Å²) in [6.45, 7) is 19.2. The predicted octanol–water partition coefficient (Wildman–Crippen LogP) is 3.72. The molecule has 0 unspecified atom stereocenters. The van der Waals surface area contributed by atoms with Crippen LogP contribution in [-0.4, -0.2) is 69.1 Å². The molecule has 0 spiro atoms. The number of nitrogens with one attached hydrogen (secondary N) is 5. The van der Waals surface area contributed by atoms with Crippen LogP contribution in [-0.2, 0) is 35.9 Å². The van der Waals surface area contributed by atoms with Crippen molar-refractivity contribution in [3.8, 4) is 0 Å². The number of aryl methyl sites for hydroxylation is 2. The Kier molecular flexibility index (Phi) is 13.7. The Balaban J connectivity index is 0.000000455. The number of fused-ring (bicyclic) bond motifs is 2. The highest BCUT2D eigenvalue weighted by Gasteiger charge is 2.29. The molecule has 0 aliphatic heterocycles. The number of urea groups is 1. The van der Waals surface area contributed by atoms with Crippen LogP contribution in [0.4, 0.5) is 10.5 Å². The number of hydrogen-bond donors (Lipinski definition) is 5. The molecule has 0 aromatic heterocycles. The molecule has 10 heteroatoms. The average molecular weight is 567 g/mol. The van der Waals surface area contributed by atoms with Crippen LogP contribution in [0.3, 0.4) is 0 Å². The van der Waals surface area contributed by atoms with Crippen molar-refractivity contribution in [3.63, 3.8) is 0 Å². The molecular weight excluding hydrogens is 512 g/mol. The van der Waals surface area contributed by atoms with Gasteiger partial charge in [0.25, 0.3) is 0 Å². The zero-order chi connectivity index (χ0) is 29.2. The lowest BCUT2D eigenvalue weighted by atomic mass is 9.99. The van der Waals surface area contributed by atoms with Crippen LogP contribution in [0.15, 0.2) is 6.07 Å². The normalized spacial score (nSPS) is 14.7.